The number of halogens is 2. The van der Waals surface area contributed by atoms with Gasteiger partial charge >= 0.3 is 0 Å². The van der Waals surface area contributed by atoms with Crippen molar-refractivity contribution < 1.29 is 4.39 Å². The first kappa shape index (κ1) is 13.2. The summed E-state index contributed by atoms with van der Waals surface area (Å²) in [6.45, 7) is 1.97. The third kappa shape index (κ3) is 3.18. The minimum absolute atomic E-state index is 0.208. The second kappa shape index (κ2) is 5.63. The number of thioether (sulfide) groups is 1. The monoisotopic (exact) mass is 281 g/mol. The summed E-state index contributed by atoms with van der Waals surface area (Å²) >= 11 is 7.42. The Bertz CT molecular complexity index is 572. The first-order valence-electron chi connectivity index (χ1n) is 5.49. The maximum atomic E-state index is 13.2. The largest absolute Gasteiger partial charge is 0.398 e. The zero-order valence-electron chi connectivity index (χ0n) is 9.91. The highest BCUT2D eigenvalue weighted by Gasteiger charge is 2.04. The third-order valence-electron chi connectivity index (χ3n) is 2.67. The minimum Gasteiger partial charge on any atom is -0.398 e. The van der Waals surface area contributed by atoms with E-state index in [9.17, 15) is 4.39 Å². The van der Waals surface area contributed by atoms with E-state index < -0.39 is 0 Å². The van der Waals surface area contributed by atoms with E-state index in [2.05, 4.69) is 0 Å². The van der Waals surface area contributed by atoms with Crippen molar-refractivity contribution in [2.45, 2.75) is 17.6 Å². The van der Waals surface area contributed by atoms with E-state index in [1.165, 1.54) is 6.07 Å². The van der Waals surface area contributed by atoms with Crippen LogP contribution in [0.15, 0.2) is 41.3 Å². The molecule has 0 heterocycles. The van der Waals surface area contributed by atoms with Gasteiger partial charge in [0.2, 0.25) is 0 Å². The second-order valence-corrected chi connectivity index (χ2v) is 5.50. The summed E-state index contributed by atoms with van der Waals surface area (Å²) in [5.74, 6) is 0.482. The second-order valence-electron chi connectivity index (χ2n) is 4.04. The summed E-state index contributed by atoms with van der Waals surface area (Å²) in [6, 6.07) is 10.2. The molecule has 94 valence electrons. The van der Waals surface area contributed by atoms with E-state index in [4.69, 9.17) is 17.3 Å². The van der Waals surface area contributed by atoms with Gasteiger partial charge in [0.25, 0.3) is 0 Å². The standard InChI is InChI=1S/C14H13ClFNS/c1-9-2-4-12(16)6-10(9)8-18-14-5-3-11(15)7-13(14)17/h2-7H,8,17H2,1H3. The zero-order valence-corrected chi connectivity index (χ0v) is 11.5. The highest BCUT2D eigenvalue weighted by Crippen LogP contribution is 2.31. The number of hydrogen-bond acceptors (Lipinski definition) is 2. The Morgan fingerprint density at radius 2 is 2.00 bits per heavy atom. The summed E-state index contributed by atoms with van der Waals surface area (Å²) in [7, 11) is 0. The average Bonchev–Trinajstić information content (AvgIpc) is 2.32. The van der Waals surface area contributed by atoms with Crippen molar-refractivity contribution in [1.29, 1.82) is 0 Å². The molecule has 18 heavy (non-hydrogen) atoms. The van der Waals surface area contributed by atoms with Gasteiger partial charge in [0.15, 0.2) is 0 Å². The van der Waals surface area contributed by atoms with Crippen LogP contribution in [0.2, 0.25) is 5.02 Å². The van der Waals surface area contributed by atoms with Crippen LogP contribution in [0, 0.1) is 12.7 Å². The molecule has 0 bridgehead atoms. The fourth-order valence-electron chi connectivity index (χ4n) is 1.60. The molecular formula is C14H13ClFNS. The Morgan fingerprint density at radius 3 is 2.72 bits per heavy atom. The van der Waals surface area contributed by atoms with Gasteiger partial charge in [0.1, 0.15) is 5.82 Å². The van der Waals surface area contributed by atoms with Crippen LogP contribution in [0.3, 0.4) is 0 Å². The van der Waals surface area contributed by atoms with Crippen LogP contribution in [-0.2, 0) is 5.75 Å². The summed E-state index contributed by atoms with van der Waals surface area (Å²) in [4.78, 5) is 0.961. The molecule has 0 aliphatic carbocycles. The van der Waals surface area contributed by atoms with Gasteiger partial charge in [-0.2, -0.15) is 0 Å². The minimum atomic E-state index is -0.208. The van der Waals surface area contributed by atoms with Crippen molar-refractivity contribution >= 4 is 29.1 Å². The Balaban J connectivity index is 2.13. The Morgan fingerprint density at radius 1 is 1.22 bits per heavy atom. The van der Waals surface area contributed by atoms with Crippen LogP contribution < -0.4 is 5.73 Å². The van der Waals surface area contributed by atoms with E-state index in [0.29, 0.717) is 16.5 Å². The predicted octanol–water partition coefficient (Wildman–Crippen LogP) is 4.66. The van der Waals surface area contributed by atoms with E-state index in [1.807, 2.05) is 13.0 Å². The summed E-state index contributed by atoms with van der Waals surface area (Å²) in [5, 5.41) is 0.624. The van der Waals surface area contributed by atoms with Gasteiger partial charge in [0.05, 0.1) is 0 Å². The smallest absolute Gasteiger partial charge is 0.123 e. The lowest BCUT2D eigenvalue weighted by Crippen LogP contribution is -1.91. The van der Waals surface area contributed by atoms with Gasteiger partial charge in [-0.25, -0.2) is 4.39 Å². The Kier molecular flexibility index (Phi) is 4.15. The zero-order chi connectivity index (χ0) is 13.1. The normalized spacial score (nSPS) is 10.6. The maximum Gasteiger partial charge on any atom is 0.123 e. The third-order valence-corrected chi connectivity index (χ3v) is 4.04. The molecule has 1 nitrogen and oxygen atoms in total. The number of anilines is 1. The number of rotatable bonds is 3. The van der Waals surface area contributed by atoms with Gasteiger partial charge in [-0.3, -0.25) is 0 Å². The lowest BCUT2D eigenvalue weighted by atomic mass is 10.1. The van der Waals surface area contributed by atoms with Crippen LogP contribution in [-0.4, -0.2) is 0 Å². The van der Waals surface area contributed by atoms with E-state index in [0.717, 1.165) is 16.0 Å². The van der Waals surface area contributed by atoms with Crippen LogP contribution in [0.25, 0.3) is 0 Å². The van der Waals surface area contributed by atoms with Crippen molar-refractivity contribution in [3.05, 3.63) is 58.4 Å². The van der Waals surface area contributed by atoms with Crippen molar-refractivity contribution in [3.8, 4) is 0 Å². The number of benzene rings is 2. The molecule has 2 rings (SSSR count). The summed E-state index contributed by atoms with van der Waals surface area (Å²) in [6.07, 6.45) is 0. The molecular weight excluding hydrogens is 269 g/mol. The fraction of sp³-hybridized carbons (Fsp3) is 0.143. The van der Waals surface area contributed by atoms with Gasteiger partial charge in [-0.1, -0.05) is 17.7 Å². The van der Waals surface area contributed by atoms with Crippen LogP contribution in [0.4, 0.5) is 10.1 Å². The topological polar surface area (TPSA) is 26.0 Å². The molecule has 0 saturated heterocycles. The molecule has 0 aromatic heterocycles. The molecule has 0 fully saturated rings. The molecule has 0 aliphatic rings. The first-order valence-corrected chi connectivity index (χ1v) is 6.85. The summed E-state index contributed by atoms with van der Waals surface area (Å²) < 4.78 is 13.2. The highest BCUT2D eigenvalue weighted by atomic mass is 35.5. The van der Waals surface area contributed by atoms with Gasteiger partial charge in [-0.05, 0) is 48.4 Å². The van der Waals surface area contributed by atoms with Crippen molar-refractivity contribution in [2.75, 3.05) is 5.73 Å². The van der Waals surface area contributed by atoms with Crippen molar-refractivity contribution in [3.63, 3.8) is 0 Å². The summed E-state index contributed by atoms with van der Waals surface area (Å²) in [5.41, 5.74) is 8.59. The molecule has 0 amide bonds. The molecule has 2 N–H and O–H groups in total. The molecule has 0 spiro atoms. The van der Waals surface area contributed by atoms with E-state index in [-0.39, 0.29) is 5.82 Å². The molecule has 0 radical (unpaired) electrons. The van der Waals surface area contributed by atoms with E-state index in [1.54, 1.807) is 36.0 Å². The van der Waals surface area contributed by atoms with Crippen LogP contribution in [0.5, 0.6) is 0 Å². The molecule has 4 heteroatoms. The quantitative estimate of drug-likeness (QED) is 0.654. The molecule has 2 aromatic carbocycles. The van der Waals surface area contributed by atoms with Crippen LogP contribution >= 0.6 is 23.4 Å². The Hall–Kier alpha value is -1.19. The van der Waals surface area contributed by atoms with Gasteiger partial charge in [0, 0.05) is 21.4 Å². The first-order chi connectivity index (χ1) is 8.56. The molecule has 2 aromatic rings. The lowest BCUT2D eigenvalue weighted by molar-refractivity contribution is 0.626. The highest BCUT2D eigenvalue weighted by molar-refractivity contribution is 7.98. The molecule has 0 atom stereocenters. The fourth-order valence-corrected chi connectivity index (χ4v) is 2.79. The predicted molar refractivity (Wildman–Crippen MR) is 76.6 cm³/mol. The maximum absolute atomic E-state index is 13.2. The number of nitrogen functional groups attached to an aromatic ring is 1. The molecule has 0 saturated carbocycles. The molecule has 0 aliphatic heterocycles. The van der Waals surface area contributed by atoms with Crippen molar-refractivity contribution in [1.82, 2.24) is 0 Å². The van der Waals surface area contributed by atoms with Gasteiger partial charge < -0.3 is 5.73 Å². The van der Waals surface area contributed by atoms with Crippen molar-refractivity contribution in [2.24, 2.45) is 0 Å². The van der Waals surface area contributed by atoms with Crippen LogP contribution in [0.1, 0.15) is 11.1 Å². The van der Waals surface area contributed by atoms with E-state index >= 15 is 0 Å². The number of hydrogen-bond donors (Lipinski definition) is 1. The lowest BCUT2D eigenvalue weighted by Gasteiger charge is -2.08. The molecule has 0 unspecified atom stereocenters. The number of aryl methyl sites for hydroxylation is 1. The Labute approximate surface area is 115 Å². The number of nitrogens with two attached hydrogens (primary N) is 1. The average molecular weight is 282 g/mol. The SMILES string of the molecule is Cc1ccc(F)cc1CSc1ccc(Cl)cc1N. The van der Waals surface area contributed by atoms with Gasteiger partial charge in [-0.15, -0.1) is 11.8 Å².